The van der Waals surface area contributed by atoms with E-state index >= 15 is 0 Å². The molecule has 3 amide bonds. The molecule has 1 atom stereocenters. The minimum absolute atomic E-state index is 0.251. The highest BCUT2D eigenvalue weighted by molar-refractivity contribution is 6.22. The van der Waals surface area contributed by atoms with Crippen LogP contribution in [0.25, 0.3) is 0 Å². The van der Waals surface area contributed by atoms with Gasteiger partial charge >= 0.3 is 5.97 Å². The number of anilines is 1. The van der Waals surface area contributed by atoms with Crippen molar-refractivity contribution in [1.29, 1.82) is 0 Å². The molecule has 2 aromatic rings. The van der Waals surface area contributed by atoms with Gasteiger partial charge in [0, 0.05) is 5.69 Å². The lowest BCUT2D eigenvalue weighted by Gasteiger charge is -2.20. The molecular weight excluding hydrogens is 360 g/mol. The van der Waals surface area contributed by atoms with Crippen molar-refractivity contribution in [2.75, 3.05) is 11.9 Å². The molecule has 0 unspecified atom stereocenters. The van der Waals surface area contributed by atoms with Gasteiger partial charge in [-0.15, -0.1) is 0 Å². The summed E-state index contributed by atoms with van der Waals surface area (Å²) in [5.74, 6) is -2.42. The number of hydrogen-bond donors (Lipinski definition) is 1. The van der Waals surface area contributed by atoms with E-state index < -0.39 is 36.3 Å². The Labute approximate surface area is 162 Å². The van der Waals surface area contributed by atoms with Crippen LogP contribution in [0.15, 0.2) is 48.5 Å². The van der Waals surface area contributed by atoms with Crippen molar-refractivity contribution in [3.05, 3.63) is 65.2 Å². The van der Waals surface area contributed by atoms with Crippen LogP contribution < -0.4 is 5.32 Å². The molecule has 7 nitrogen and oxygen atoms in total. The Balaban J connectivity index is 1.60. The average molecular weight is 380 g/mol. The van der Waals surface area contributed by atoms with Crippen molar-refractivity contribution in [3.8, 4) is 0 Å². The Kier molecular flexibility index (Phi) is 5.54. The van der Waals surface area contributed by atoms with Gasteiger partial charge in [0.25, 0.3) is 17.7 Å². The number of nitrogens with one attached hydrogen (secondary N) is 1. The van der Waals surface area contributed by atoms with Crippen LogP contribution in [0.3, 0.4) is 0 Å². The van der Waals surface area contributed by atoms with Crippen LogP contribution in [-0.2, 0) is 20.7 Å². The summed E-state index contributed by atoms with van der Waals surface area (Å²) in [6.07, 6.45) is 0.743. The SMILES string of the molecule is CCc1ccccc1NC(=O)COC(=O)[C@@H](C)N1C(=O)c2ccccc2C1=O. The summed E-state index contributed by atoms with van der Waals surface area (Å²) >= 11 is 0. The highest BCUT2D eigenvalue weighted by Crippen LogP contribution is 2.24. The van der Waals surface area contributed by atoms with Crippen molar-refractivity contribution in [1.82, 2.24) is 4.90 Å². The van der Waals surface area contributed by atoms with Crippen molar-refractivity contribution in [2.24, 2.45) is 0 Å². The van der Waals surface area contributed by atoms with Crippen molar-refractivity contribution in [2.45, 2.75) is 26.3 Å². The fourth-order valence-corrected chi connectivity index (χ4v) is 3.06. The molecule has 1 N–H and O–H groups in total. The molecule has 0 spiro atoms. The molecule has 1 aliphatic heterocycles. The minimum Gasteiger partial charge on any atom is -0.454 e. The predicted molar refractivity (Wildman–Crippen MR) is 102 cm³/mol. The smallest absolute Gasteiger partial charge is 0.329 e. The van der Waals surface area contributed by atoms with Crippen molar-refractivity contribution >= 4 is 29.4 Å². The third kappa shape index (κ3) is 3.64. The number of esters is 1. The summed E-state index contributed by atoms with van der Waals surface area (Å²) in [5, 5.41) is 2.69. The molecule has 144 valence electrons. The second kappa shape index (κ2) is 8.04. The second-order valence-corrected chi connectivity index (χ2v) is 6.37. The molecule has 0 saturated carbocycles. The van der Waals surface area contributed by atoms with Gasteiger partial charge < -0.3 is 10.1 Å². The molecule has 0 aromatic heterocycles. The van der Waals surface area contributed by atoms with E-state index in [0.29, 0.717) is 5.69 Å². The van der Waals surface area contributed by atoms with Crippen molar-refractivity contribution < 1.29 is 23.9 Å². The van der Waals surface area contributed by atoms with Gasteiger partial charge in [-0.25, -0.2) is 4.79 Å². The van der Waals surface area contributed by atoms with E-state index in [1.807, 2.05) is 19.1 Å². The number of aryl methyl sites for hydroxylation is 1. The topological polar surface area (TPSA) is 92.8 Å². The predicted octanol–water partition coefficient (Wildman–Crippen LogP) is 2.42. The molecular formula is C21H20N2O5. The monoisotopic (exact) mass is 380 g/mol. The van der Waals surface area contributed by atoms with E-state index in [2.05, 4.69) is 5.32 Å². The van der Waals surface area contributed by atoms with E-state index in [-0.39, 0.29) is 11.1 Å². The number of para-hydroxylation sites is 1. The molecule has 7 heteroatoms. The van der Waals surface area contributed by atoms with Gasteiger partial charge in [-0.1, -0.05) is 37.3 Å². The Morgan fingerprint density at radius 1 is 1.00 bits per heavy atom. The Morgan fingerprint density at radius 3 is 2.18 bits per heavy atom. The Bertz CT molecular complexity index is 918. The Hall–Kier alpha value is -3.48. The first kappa shape index (κ1) is 19.3. The van der Waals surface area contributed by atoms with Crippen LogP contribution >= 0.6 is 0 Å². The minimum atomic E-state index is -1.14. The van der Waals surface area contributed by atoms with E-state index in [9.17, 15) is 19.2 Å². The summed E-state index contributed by atoms with van der Waals surface area (Å²) in [6, 6.07) is 12.6. The van der Waals surface area contributed by atoms with Crippen LogP contribution in [0.5, 0.6) is 0 Å². The number of fused-ring (bicyclic) bond motifs is 1. The molecule has 0 fully saturated rings. The number of rotatable bonds is 6. The Morgan fingerprint density at radius 2 is 1.57 bits per heavy atom. The summed E-state index contributed by atoms with van der Waals surface area (Å²) < 4.78 is 5.02. The first-order valence-corrected chi connectivity index (χ1v) is 8.95. The fraction of sp³-hybridized carbons (Fsp3) is 0.238. The average Bonchev–Trinajstić information content (AvgIpc) is 2.96. The highest BCUT2D eigenvalue weighted by Gasteiger charge is 2.41. The zero-order chi connectivity index (χ0) is 20.3. The van der Waals surface area contributed by atoms with Gasteiger partial charge in [0.05, 0.1) is 11.1 Å². The molecule has 0 aliphatic carbocycles. The molecule has 1 heterocycles. The number of ether oxygens (including phenoxy) is 1. The number of nitrogens with zero attached hydrogens (tertiary/aromatic N) is 1. The molecule has 1 aliphatic rings. The molecule has 2 aromatic carbocycles. The van der Waals surface area contributed by atoms with Gasteiger partial charge in [-0.3, -0.25) is 19.3 Å². The number of hydrogen-bond acceptors (Lipinski definition) is 5. The quantitative estimate of drug-likeness (QED) is 0.614. The van der Waals surface area contributed by atoms with Gasteiger partial charge in [0.15, 0.2) is 6.61 Å². The third-order valence-corrected chi connectivity index (χ3v) is 4.57. The molecule has 0 saturated heterocycles. The summed E-state index contributed by atoms with van der Waals surface area (Å²) in [7, 11) is 0. The van der Waals surface area contributed by atoms with E-state index in [1.165, 1.54) is 19.1 Å². The zero-order valence-electron chi connectivity index (χ0n) is 15.6. The first-order valence-electron chi connectivity index (χ1n) is 8.95. The number of carbonyl (C=O) groups is 4. The lowest BCUT2D eigenvalue weighted by atomic mass is 10.1. The standard InChI is InChI=1S/C21H20N2O5/c1-3-14-8-4-7-11-17(14)22-18(24)12-28-21(27)13(2)23-19(25)15-9-5-6-10-16(15)20(23)26/h4-11,13H,3,12H2,1-2H3,(H,22,24)/t13-/m1/s1. The van der Waals surface area contributed by atoms with E-state index in [0.717, 1.165) is 16.9 Å². The highest BCUT2D eigenvalue weighted by atomic mass is 16.5. The molecule has 3 rings (SSSR count). The van der Waals surface area contributed by atoms with Gasteiger partial charge in [0.1, 0.15) is 6.04 Å². The van der Waals surface area contributed by atoms with Gasteiger partial charge in [-0.05, 0) is 37.1 Å². The van der Waals surface area contributed by atoms with Crippen LogP contribution in [0, 0.1) is 0 Å². The van der Waals surface area contributed by atoms with Gasteiger partial charge in [0.2, 0.25) is 0 Å². The lowest BCUT2D eigenvalue weighted by molar-refractivity contribution is -0.150. The number of benzene rings is 2. The van der Waals surface area contributed by atoms with E-state index in [4.69, 9.17) is 4.74 Å². The molecule has 0 radical (unpaired) electrons. The second-order valence-electron chi connectivity index (χ2n) is 6.37. The normalized spacial score (nSPS) is 13.9. The third-order valence-electron chi connectivity index (χ3n) is 4.57. The maximum absolute atomic E-state index is 12.4. The molecule has 28 heavy (non-hydrogen) atoms. The maximum atomic E-state index is 12.4. The summed E-state index contributed by atoms with van der Waals surface area (Å²) in [5.41, 5.74) is 2.11. The van der Waals surface area contributed by atoms with Crippen LogP contribution in [0.1, 0.15) is 40.1 Å². The van der Waals surface area contributed by atoms with Crippen LogP contribution in [0.4, 0.5) is 5.69 Å². The number of carbonyl (C=O) groups excluding carboxylic acids is 4. The zero-order valence-corrected chi connectivity index (χ0v) is 15.6. The van der Waals surface area contributed by atoms with Crippen LogP contribution in [0.2, 0.25) is 0 Å². The van der Waals surface area contributed by atoms with Crippen LogP contribution in [-0.4, -0.2) is 41.2 Å². The largest absolute Gasteiger partial charge is 0.454 e. The van der Waals surface area contributed by atoms with Gasteiger partial charge in [-0.2, -0.15) is 0 Å². The summed E-state index contributed by atoms with van der Waals surface area (Å²) in [4.78, 5) is 50.1. The van der Waals surface area contributed by atoms with E-state index in [1.54, 1.807) is 24.3 Å². The van der Waals surface area contributed by atoms with Crippen molar-refractivity contribution in [3.63, 3.8) is 0 Å². The maximum Gasteiger partial charge on any atom is 0.329 e. The summed E-state index contributed by atoms with van der Waals surface area (Å²) in [6.45, 7) is 2.85. The first-order chi connectivity index (χ1) is 13.4. The fourth-order valence-electron chi connectivity index (χ4n) is 3.06. The number of amides is 3. The molecule has 0 bridgehead atoms. The number of imide groups is 1. The lowest BCUT2D eigenvalue weighted by Crippen LogP contribution is -2.44.